The van der Waals surface area contributed by atoms with Crippen molar-refractivity contribution in [3.63, 3.8) is 0 Å². The Balaban J connectivity index is 1.49. The third-order valence-electron chi connectivity index (χ3n) is 5.44. The van der Waals surface area contributed by atoms with Crippen LogP contribution in [-0.2, 0) is 17.9 Å². The fourth-order valence-corrected chi connectivity index (χ4v) is 3.86. The number of nitrogens with one attached hydrogen (secondary N) is 1. The monoisotopic (exact) mass is 403 g/mol. The van der Waals surface area contributed by atoms with Gasteiger partial charge in [-0.2, -0.15) is 0 Å². The van der Waals surface area contributed by atoms with Crippen LogP contribution in [0.2, 0.25) is 0 Å². The average molecular weight is 403 g/mol. The molecule has 3 N–H and O–H groups in total. The molecule has 1 aromatic heterocycles. The summed E-state index contributed by atoms with van der Waals surface area (Å²) in [7, 11) is 0. The largest absolute Gasteiger partial charge is 0.467 e. The van der Waals surface area contributed by atoms with Crippen LogP contribution in [-0.4, -0.2) is 29.3 Å². The summed E-state index contributed by atoms with van der Waals surface area (Å²) in [6, 6.07) is 18.6. The van der Waals surface area contributed by atoms with Gasteiger partial charge >= 0.3 is 0 Å². The number of amides is 2. The Morgan fingerprint density at radius 3 is 2.63 bits per heavy atom. The maximum atomic E-state index is 13.2. The minimum absolute atomic E-state index is 0.123. The molecule has 1 saturated heterocycles. The first-order chi connectivity index (χ1) is 14.7. The van der Waals surface area contributed by atoms with Crippen molar-refractivity contribution >= 4 is 11.8 Å². The number of likely N-dealkylation sites (tertiary alicyclic amines) is 1. The third kappa shape index (κ3) is 4.28. The van der Waals surface area contributed by atoms with E-state index < -0.39 is 6.04 Å². The molecule has 4 rings (SSSR count). The molecule has 2 heterocycles. The minimum Gasteiger partial charge on any atom is -0.467 e. The van der Waals surface area contributed by atoms with Crippen molar-refractivity contribution in [2.45, 2.75) is 32.0 Å². The second-order valence-electron chi connectivity index (χ2n) is 7.44. The van der Waals surface area contributed by atoms with E-state index in [0.717, 1.165) is 23.1 Å². The summed E-state index contributed by atoms with van der Waals surface area (Å²) in [6.45, 7) is 1.36. The highest BCUT2D eigenvalue weighted by Gasteiger charge is 2.34. The molecule has 1 unspecified atom stereocenters. The van der Waals surface area contributed by atoms with Gasteiger partial charge in [0.05, 0.1) is 12.8 Å². The van der Waals surface area contributed by atoms with E-state index in [-0.39, 0.29) is 11.8 Å². The quantitative estimate of drug-likeness (QED) is 0.661. The third-order valence-corrected chi connectivity index (χ3v) is 5.44. The number of furan rings is 1. The SMILES string of the molecule is NCc1cccc(-c2cccc(C(=O)N3CCCC3C(=O)NCc3ccco3)c2)c1. The number of hydrogen-bond acceptors (Lipinski definition) is 4. The normalized spacial score (nSPS) is 15.9. The Bertz CT molecular complexity index is 1030. The van der Waals surface area contributed by atoms with Crippen LogP contribution < -0.4 is 11.1 Å². The van der Waals surface area contributed by atoms with Crippen molar-refractivity contribution in [3.05, 3.63) is 83.8 Å². The zero-order valence-electron chi connectivity index (χ0n) is 16.7. The van der Waals surface area contributed by atoms with E-state index in [1.165, 1.54) is 0 Å². The van der Waals surface area contributed by atoms with Crippen molar-refractivity contribution in [3.8, 4) is 11.1 Å². The van der Waals surface area contributed by atoms with E-state index in [9.17, 15) is 9.59 Å². The number of carbonyl (C=O) groups excluding carboxylic acids is 2. The Labute approximate surface area is 175 Å². The van der Waals surface area contributed by atoms with Crippen LogP contribution in [0.25, 0.3) is 11.1 Å². The highest BCUT2D eigenvalue weighted by Crippen LogP contribution is 2.25. The summed E-state index contributed by atoms with van der Waals surface area (Å²) < 4.78 is 5.26. The average Bonchev–Trinajstić information content (AvgIpc) is 3.49. The van der Waals surface area contributed by atoms with E-state index >= 15 is 0 Å². The molecule has 1 fully saturated rings. The molecule has 3 aromatic rings. The Morgan fingerprint density at radius 2 is 1.87 bits per heavy atom. The zero-order chi connectivity index (χ0) is 20.9. The lowest BCUT2D eigenvalue weighted by atomic mass is 10.0. The molecule has 30 heavy (non-hydrogen) atoms. The molecule has 0 aliphatic carbocycles. The maximum absolute atomic E-state index is 13.2. The molecular weight excluding hydrogens is 378 g/mol. The molecule has 0 spiro atoms. The predicted octanol–water partition coefficient (Wildman–Crippen LogP) is 3.33. The van der Waals surface area contributed by atoms with Gasteiger partial charge in [0, 0.05) is 18.7 Å². The molecular formula is C24H25N3O3. The van der Waals surface area contributed by atoms with Gasteiger partial charge < -0.3 is 20.4 Å². The summed E-state index contributed by atoms with van der Waals surface area (Å²) >= 11 is 0. The van der Waals surface area contributed by atoms with Gasteiger partial charge in [0.2, 0.25) is 5.91 Å². The molecule has 0 saturated carbocycles. The second kappa shape index (κ2) is 8.97. The fourth-order valence-electron chi connectivity index (χ4n) is 3.86. The van der Waals surface area contributed by atoms with E-state index in [2.05, 4.69) is 5.32 Å². The molecule has 154 valence electrons. The van der Waals surface area contributed by atoms with Gasteiger partial charge in [-0.1, -0.05) is 30.3 Å². The van der Waals surface area contributed by atoms with E-state index in [0.29, 0.717) is 37.4 Å². The number of rotatable bonds is 6. The van der Waals surface area contributed by atoms with E-state index in [1.807, 2.05) is 48.5 Å². The molecule has 1 aliphatic rings. The molecule has 0 radical (unpaired) electrons. The van der Waals surface area contributed by atoms with Crippen LogP contribution in [0, 0.1) is 0 Å². The second-order valence-corrected chi connectivity index (χ2v) is 7.44. The Morgan fingerprint density at radius 1 is 1.07 bits per heavy atom. The van der Waals surface area contributed by atoms with Gasteiger partial charge in [-0.05, 0) is 59.9 Å². The first-order valence-electron chi connectivity index (χ1n) is 10.2. The van der Waals surface area contributed by atoms with Gasteiger partial charge in [-0.3, -0.25) is 9.59 Å². The van der Waals surface area contributed by atoms with Gasteiger partial charge in [0.1, 0.15) is 11.8 Å². The molecule has 2 aromatic carbocycles. The smallest absolute Gasteiger partial charge is 0.254 e. The van der Waals surface area contributed by atoms with Gasteiger partial charge in [-0.25, -0.2) is 0 Å². The van der Waals surface area contributed by atoms with Crippen molar-refractivity contribution < 1.29 is 14.0 Å². The maximum Gasteiger partial charge on any atom is 0.254 e. The van der Waals surface area contributed by atoms with Crippen LogP contribution in [0.1, 0.15) is 34.5 Å². The van der Waals surface area contributed by atoms with Crippen LogP contribution >= 0.6 is 0 Å². The number of carbonyl (C=O) groups is 2. The molecule has 0 bridgehead atoms. The molecule has 2 amide bonds. The zero-order valence-corrected chi connectivity index (χ0v) is 16.7. The standard InChI is InChI=1S/C24H25N3O3/c25-15-17-5-1-6-18(13-17)19-7-2-8-20(14-19)24(29)27-11-3-10-22(27)23(28)26-16-21-9-4-12-30-21/h1-2,4-9,12-14,22H,3,10-11,15-16,25H2,(H,26,28). The number of benzene rings is 2. The molecule has 6 heteroatoms. The molecule has 1 atom stereocenters. The lowest BCUT2D eigenvalue weighted by Gasteiger charge is -2.24. The Hall–Kier alpha value is -3.38. The van der Waals surface area contributed by atoms with Crippen molar-refractivity contribution in [2.24, 2.45) is 5.73 Å². The van der Waals surface area contributed by atoms with Crippen molar-refractivity contribution in [2.75, 3.05) is 6.54 Å². The summed E-state index contributed by atoms with van der Waals surface area (Å²) in [6.07, 6.45) is 3.04. The molecule has 6 nitrogen and oxygen atoms in total. The first kappa shape index (κ1) is 19.9. The number of nitrogens with zero attached hydrogens (tertiary/aromatic N) is 1. The van der Waals surface area contributed by atoms with Crippen molar-refractivity contribution in [1.82, 2.24) is 10.2 Å². The molecule has 1 aliphatic heterocycles. The summed E-state index contributed by atoms with van der Waals surface area (Å²) in [5.41, 5.74) is 9.34. The number of nitrogens with two attached hydrogens (primary N) is 1. The van der Waals surface area contributed by atoms with Gasteiger partial charge in [0.25, 0.3) is 5.91 Å². The van der Waals surface area contributed by atoms with E-state index in [4.69, 9.17) is 10.2 Å². The van der Waals surface area contributed by atoms with Crippen LogP contribution in [0.15, 0.2) is 71.3 Å². The van der Waals surface area contributed by atoms with E-state index in [1.54, 1.807) is 23.3 Å². The highest BCUT2D eigenvalue weighted by molar-refractivity contribution is 5.98. The predicted molar refractivity (Wildman–Crippen MR) is 114 cm³/mol. The Kier molecular flexibility index (Phi) is 5.95. The van der Waals surface area contributed by atoms with Gasteiger partial charge in [0.15, 0.2) is 0 Å². The van der Waals surface area contributed by atoms with Gasteiger partial charge in [-0.15, -0.1) is 0 Å². The van der Waals surface area contributed by atoms with Crippen molar-refractivity contribution in [1.29, 1.82) is 0 Å². The first-order valence-corrected chi connectivity index (χ1v) is 10.2. The summed E-state index contributed by atoms with van der Waals surface area (Å²) in [5, 5.41) is 2.87. The number of hydrogen-bond donors (Lipinski definition) is 2. The minimum atomic E-state index is -0.461. The highest BCUT2D eigenvalue weighted by atomic mass is 16.3. The summed E-state index contributed by atoms with van der Waals surface area (Å²) in [5.74, 6) is 0.415. The van der Waals surface area contributed by atoms with Crippen LogP contribution in [0.5, 0.6) is 0 Å². The summed E-state index contributed by atoms with van der Waals surface area (Å²) in [4.78, 5) is 27.6. The lowest BCUT2D eigenvalue weighted by Crippen LogP contribution is -2.45. The topological polar surface area (TPSA) is 88.6 Å². The lowest BCUT2D eigenvalue weighted by molar-refractivity contribution is -0.125. The van der Waals surface area contributed by atoms with Crippen LogP contribution in [0.3, 0.4) is 0 Å². The van der Waals surface area contributed by atoms with Crippen LogP contribution in [0.4, 0.5) is 0 Å². The fraction of sp³-hybridized carbons (Fsp3) is 0.250.